The maximum Gasteiger partial charge on any atom is 0.261 e. The molecule has 0 aliphatic carbocycles. The van der Waals surface area contributed by atoms with Crippen molar-refractivity contribution in [2.24, 2.45) is 0 Å². The maximum atomic E-state index is 12.4. The molecule has 0 bridgehead atoms. The van der Waals surface area contributed by atoms with Gasteiger partial charge in [0, 0.05) is 13.0 Å². The summed E-state index contributed by atoms with van der Waals surface area (Å²) in [4.78, 5) is 37.9. The summed E-state index contributed by atoms with van der Waals surface area (Å²) in [5.74, 6) is -0.905. The molecule has 1 heterocycles. The summed E-state index contributed by atoms with van der Waals surface area (Å²) >= 11 is 0. The molecule has 3 rings (SSSR count). The first-order valence-electron chi connectivity index (χ1n) is 8.43. The standard InChI is InChI=1S/C20H20N2O4/c1-12-5-7-14-15(10-12)20(26)22(19(14)25)9-3-4-18(24)21-16-8-6-13(2)11-17(16)23/h5-8,10-11,23H,3-4,9H2,1-2H3,(H,21,24). The summed E-state index contributed by atoms with van der Waals surface area (Å²) < 4.78 is 0. The lowest BCUT2D eigenvalue weighted by atomic mass is 10.1. The fourth-order valence-electron chi connectivity index (χ4n) is 2.97. The molecule has 0 unspecified atom stereocenters. The lowest BCUT2D eigenvalue weighted by molar-refractivity contribution is -0.116. The fraction of sp³-hybridized carbons (Fsp3) is 0.250. The van der Waals surface area contributed by atoms with Crippen LogP contribution in [0.4, 0.5) is 5.69 Å². The van der Waals surface area contributed by atoms with E-state index in [1.54, 1.807) is 36.4 Å². The fourth-order valence-corrected chi connectivity index (χ4v) is 2.97. The quantitative estimate of drug-likeness (QED) is 0.640. The van der Waals surface area contributed by atoms with E-state index in [0.717, 1.165) is 11.1 Å². The Morgan fingerprint density at radius 3 is 2.38 bits per heavy atom. The number of phenolic OH excluding ortho intramolecular Hbond substituents is 1. The number of anilines is 1. The minimum atomic E-state index is -0.318. The van der Waals surface area contributed by atoms with E-state index in [0.29, 0.717) is 23.2 Å². The van der Waals surface area contributed by atoms with Gasteiger partial charge in [0.25, 0.3) is 11.8 Å². The highest BCUT2D eigenvalue weighted by molar-refractivity contribution is 6.21. The van der Waals surface area contributed by atoms with Crippen molar-refractivity contribution >= 4 is 23.4 Å². The summed E-state index contributed by atoms with van der Waals surface area (Å²) in [6, 6.07) is 10.2. The number of carbonyl (C=O) groups is 3. The molecule has 0 saturated heterocycles. The second kappa shape index (κ2) is 7.00. The third-order valence-electron chi connectivity index (χ3n) is 4.34. The molecule has 1 aliphatic rings. The molecule has 1 aliphatic heterocycles. The number of aromatic hydroxyl groups is 1. The molecule has 0 radical (unpaired) electrons. The molecule has 2 N–H and O–H groups in total. The van der Waals surface area contributed by atoms with Crippen LogP contribution in [0.3, 0.4) is 0 Å². The van der Waals surface area contributed by atoms with Gasteiger partial charge in [0.05, 0.1) is 16.8 Å². The van der Waals surface area contributed by atoms with Crippen molar-refractivity contribution in [3.05, 3.63) is 58.7 Å². The van der Waals surface area contributed by atoms with Gasteiger partial charge in [-0.3, -0.25) is 19.3 Å². The highest BCUT2D eigenvalue weighted by Crippen LogP contribution is 2.25. The first kappa shape index (κ1) is 17.7. The van der Waals surface area contributed by atoms with Crippen LogP contribution in [0.1, 0.15) is 44.7 Å². The smallest absolute Gasteiger partial charge is 0.261 e. The van der Waals surface area contributed by atoms with Gasteiger partial charge in [0.2, 0.25) is 5.91 Å². The molecule has 3 amide bonds. The highest BCUT2D eigenvalue weighted by atomic mass is 16.3. The minimum Gasteiger partial charge on any atom is -0.506 e. The van der Waals surface area contributed by atoms with E-state index in [4.69, 9.17) is 0 Å². The third-order valence-corrected chi connectivity index (χ3v) is 4.34. The van der Waals surface area contributed by atoms with E-state index in [2.05, 4.69) is 5.32 Å². The molecule has 2 aromatic rings. The van der Waals surface area contributed by atoms with Gasteiger partial charge in [0.15, 0.2) is 0 Å². The predicted molar refractivity (Wildman–Crippen MR) is 97.3 cm³/mol. The van der Waals surface area contributed by atoms with Gasteiger partial charge in [-0.15, -0.1) is 0 Å². The van der Waals surface area contributed by atoms with E-state index < -0.39 is 0 Å². The summed E-state index contributed by atoms with van der Waals surface area (Å²) in [6.07, 6.45) is 0.489. The van der Waals surface area contributed by atoms with E-state index in [-0.39, 0.29) is 36.4 Å². The van der Waals surface area contributed by atoms with Crippen LogP contribution in [-0.2, 0) is 4.79 Å². The van der Waals surface area contributed by atoms with Crippen LogP contribution in [0.25, 0.3) is 0 Å². The van der Waals surface area contributed by atoms with Crippen molar-refractivity contribution < 1.29 is 19.5 Å². The Balaban J connectivity index is 1.56. The van der Waals surface area contributed by atoms with Crippen molar-refractivity contribution in [1.29, 1.82) is 0 Å². The number of imide groups is 1. The predicted octanol–water partition coefficient (Wildman–Crippen LogP) is 3.02. The van der Waals surface area contributed by atoms with E-state index in [9.17, 15) is 19.5 Å². The molecule has 26 heavy (non-hydrogen) atoms. The SMILES string of the molecule is Cc1ccc(NC(=O)CCCN2C(=O)c3ccc(C)cc3C2=O)c(O)c1. The Hall–Kier alpha value is -3.15. The number of aryl methyl sites for hydroxylation is 2. The van der Waals surface area contributed by atoms with Gasteiger partial charge in [-0.25, -0.2) is 0 Å². The number of hydrogen-bond acceptors (Lipinski definition) is 4. The van der Waals surface area contributed by atoms with E-state index >= 15 is 0 Å². The summed E-state index contributed by atoms with van der Waals surface area (Å²) in [5, 5.41) is 12.5. The second-order valence-electron chi connectivity index (χ2n) is 6.48. The third kappa shape index (κ3) is 3.44. The molecule has 134 valence electrons. The Morgan fingerprint density at radius 1 is 1.00 bits per heavy atom. The van der Waals surface area contributed by atoms with Crippen LogP contribution in [-0.4, -0.2) is 34.3 Å². The number of carbonyl (C=O) groups excluding carboxylic acids is 3. The molecule has 6 heteroatoms. The number of benzene rings is 2. The van der Waals surface area contributed by atoms with Crippen LogP contribution >= 0.6 is 0 Å². The summed E-state index contributed by atoms with van der Waals surface area (Å²) in [7, 11) is 0. The number of rotatable bonds is 5. The molecule has 0 fully saturated rings. The molecule has 0 spiro atoms. The zero-order valence-corrected chi connectivity index (χ0v) is 14.7. The van der Waals surface area contributed by atoms with Gasteiger partial charge in [-0.1, -0.05) is 17.7 Å². The van der Waals surface area contributed by atoms with Gasteiger partial charge in [-0.05, 0) is 50.1 Å². The van der Waals surface area contributed by atoms with Gasteiger partial charge < -0.3 is 10.4 Å². The first-order valence-corrected chi connectivity index (χ1v) is 8.43. The lowest BCUT2D eigenvalue weighted by Crippen LogP contribution is -2.31. The Bertz CT molecular complexity index is 905. The Morgan fingerprint density at radius 2 is 1.65 bits per heavy atom. The van der Waals surface area contributed by atoms with E-state index in [1.807, 2.05) is 13.8 Å². The number of fused-ring (bicyclic) bond motifs is 1. The van der Waals surface area contributed by atoms with Gasteiger partial charge in [-0.2, -0.15) is 0 Å². The molecule has 0 aromatic heterocycles. The van der Waals surface area contributed by atoms with Crippen molar-refractivity contribution in [3.8, 4) is 5.75 Å². The molecule has 2 aromatic carbocycles. The number of amides is 3. The number of nitrogens with one attached hydrogen (secondary N) is 1. The van der Waals surface area contributed by atoms with Crippen LogP contribution < -0.4 is 5.32 Å². The second-order valence-corrected chi connectivity index (χ2v) is 6.48. The Kier molecular flexibility index (Phi) is 4.75. The average molecular weight is 352 g/mol. The zero-order chi connectivity index (χ0) is 18.8. The van der Waals surface area contributed by atoms with Gasteiger partial charge in [0.1, 0.15) is 5.75 Å². The molecule has 6 nitrogen and oxygen atoms in total. The number of hydrogen-bond donors (Lipinski definition) is 2. The lowest BCUT2D eigenvalue weighted by Gasteiger charge is -2.13. The minimum absolute atomic E-state index is 0.00840. The van der Waals surface area contributed by atoms with Crippen LogP contribution in [0.5, 0.6) is 5.75 Å². The van der Waals surface area contributed by atoms with Crippen molar-refractivity contribution in [2.45, 2.75) is 26.7 Å². The molecular formula is C20H20N2O4. The van der Waals surface area contributed by atoms with Crippen LogP contribution in [0.2, 0.25) is 0 Å². The molecule has 0 saturated carbocycles. The van der Waals surface area contributed by atoms with E-state index in [1.165, 1.54) is 4.90 Å². The topological polar surface area (TPSA) is 86.7 Å². The number of phenols is 1. The van der Waals surface area contributed by atoms with Gasteiger partial charge >= 0.3 is 0 Å². The monoisotopic (exact) mass is 352 g/mol. The molecule has 0 atom stereocenters. The van der Waals surface area contributed by atoms with Crippen LogP contribution in [0, 0.1) is 13.8 Å². The zero-order valence-electron chi connectivity index (χ0n) is 14.7. The van der Waals surface area contributed by atoms with Crippen LogP contribution in [0.15, 0.2) is 36.4 Å². The largest absolute Gasteiger partial charge is 0.506 e. The van der Waals surface area contributed by atoms with Crippen molar-refractivity contribution in [1.82, 2.24) is 4.90 Å². The molecular weight excluding hydrogens is 332 g/mol. The Labute approximate surface area is 151 Å². The highest BCUT2D eigenvalue weighted by Gasteiger charge is 2.34. The van der Waals surface area contributed by atoms with Crippen molar-refractivity contribution in [3.63, 3.8) is 0 Å². The first-order chi connectivity index (χ1) is 12.4. The summed E-state index contributed by atoms with van der Waals surface area (Å²) in [6.45, 7) is 3.89. The summed E-state index contributed by atoms with van der Waals surface area (Å²) in [5.41, 5.74) is 2.99. The normalized spacial score (nSPS) is 13.1. The maximum absolute atomic E-state index is 12.4. The average Bonchev–Trinajstić information content (AvgIpc) is 2.82. The van der Waals surface area contributed by atoms with Crippen molar-refractivity contribution in [2.75, 3.05) is 11.9 Å². The number of nitrogens with zero attached hydrogens (tertiary/aromatic N) is 1.